The van der Waals surface area contributed by atoms with Gasteiger partial charge in [0.15, 0.2) is 0 Å². The molecule has 2 heteroatoms. The minimum absolute atomic E-state index is 1.09. The number of fused-ring (bicyclic) bond motifs is 7. The molecule has 1 heterocycles. The Morgan fingerprint density at radius 3 is 1.65 bits per heavy atom. The van der Waals surface area contributed by atoms with E-state index in [1.807, 2.05) is 0 Å². The van der Waals surface area contributed by atoms with E-state index in [1.165, 1.54) is 87.5 Å². The van der Waals surface area contributed by atoms with Crippen LogP contribution < -0.4 is 4.90 Å². The normalized spacial score (nSPS) is 11.5. The maximum Gasteiger partial charge on any atom is 0.0547 e. The second kappa shape index (κ2) is 14.8. The Bertz CT molecular complexity index is 3610. The smallest absolute Gasteiger partial charge is 0.0547 e. The molecule has 12 rings (SSSR count). The maximum absolute atomic E-state index is 2.39. The van der Waals surface area contributed by atoms with Crippen LogP contribution in [0.3, 0.4) is 0 Å². The molecule has 0 aliphatic carbocycles. The highest BCUT2D eigenvalue weighted by molar-refractivity contribution is 6.16. The standard InChI is InChI=1S/C60H40N2/c1-2-17-48(18-3-1)62-58-25-9-8-22-57(58)60-56(24-12-26-59(60)62)46-16-10-19-51(40-46)61(50-36-31-44(32-37-50)54-23-11-15-42-13-4-6-20-52(42)54)49-34-29-41(30-35-49)45-33-38-55-47(39-45)28-27-43-14-5-7-21-53(43)55/h1-40H. The highest BCUT2D eigenvalue weighted by atomic mass is 15.1. The van der Waals surface area contributed by atoms with Crippen LogP contribution in [0, 0.1) is 0 Å². The molecule has 0 unspecified atom stereocenters. The van der Waals surface area contributed by atoms with Crippen molar-refractivity contribution in [2.75, 3.05) is 4.90 Å². The molecule has 0 aliphatic heterocycles. The van der Waals surface area contributed by atoms with E-state index >= 15 is 0 Å². The largest absolute Gasteiger partial charge is 0.310 e. The van der Waals surface area contributed by atoms with Crippen molar-refractivity contribution < 1.29 is 0 Å². The van der Waals surface area contributed by atoms with Crippen molar-refractivity contribution in [2.24, 2.45) is 0 Å². The first-order valence-corrected chi connectivity index (χ1v) is 21.3. The minimum Gasteiger partial charge on any atom is -0.310 e. The summed E-state index contributed by atoms with van der Waals surface area (Å²) in [5, 5.41) is 10.1. The van der Waals surface area contributed by atoms with E-state index in [4.69, 9.17) is 0 Å². The molecular formula is C60H40N2. The number of nitrogens with zero attached hydrogens (tertiary/aromatic N) is 2. The quantitative estimate of drug-likeness (QED) is 0.146. The first-order chi connectivity index (χ1) is 30.7. The molecule has 0 amide bonds. The second-order valence-corrected chi connectivity index (χ2v) is 16.1. The van der Waals surface area contributed by atoms with Crippen LogP contribution in [0.4, 0.5) is 17.1 Å². The summed E-state index contributed by atoms with van der Waals surface area (Å²) in [6, 6.07) is 88.5. The van der Waals surface area contributed by atoms with Gasteiger partial charge in [0.2, 0.25) is 0 Å². The van der Waals surface area contributed by atoms with Gasteiger partial charge >= 0.3 is 0 Å². The Morgan fingerprint density at radius 2 is 0.839 bits per heavy atom. The minimum atomic E-state index is 1.09. The van der Waals surface area contributed by atoms with Crippen LogP contribution in [-0.4, -0.2) is 4.57 Å². The zero-order chi connectivity index (χ0) is 41.0. The van der Waals surface area contributed by atoms with E-state index in [2.05, 4.69) is 252 Å². The molecule has 11 aromatic carbocycles. The Labute approximate surface area is 360 Å². The number of hydrogen-bond acceptors (Lipinski definition) is 1. The molecule has 0 fully saturated rings. The van der Waals surface area contributed by atoms with Crippen molar-refractivity contribution >= 4 is 71.2 Å². The lowest BCUT2D eigenvalue weighted by Crippen LogP contribution is -2.10. The topological polar surface area (TPSA) is 8.17 Å². The predicted octanol–water partition coefficient (Wildman–Crippen LogP) is 16.7. The van der Waals surface area contributed by atoms with Gasteiger partial charge in [0, 0.05) is 33.5 Å². The number of rotatable bonds is 7. The molecule has 12 aromatic rings. The molecule has 0 N–H and O–H groups in total. The Balaban J connectivity index is 0.985. The lowest BCUT2D eigenvalue weighted by atomic mass is 9.97. The summed E-state index contributed by atoms with van der Waals surface area (Å²) in [6.45, 7) is 0. The van der Waals surface area contributed by atoms with Crippen LogP contribution in [0.15, 0.2) is 243 Å². The highest BCUT2D eigenvalue weighted by Gasteiger charge is 2.19. The first kappa shape index (κ1) is 35.7. The predicted molar refractivity (Wildman–Crippen MR) is 264 cm³/mol. The number of benzene rings is 11. The fourth-order valence-electron chi connectivity index (χ4n) is 9.64. The fraction of sp³-hybridized carbons (Fsp3) is 0. The van der Waals surface area contributed by atoms with Gasteiger partial charge in [-0.05, 0) is 132 Å². The zero-order valence-corrected chi connectivity index (χ0v) is 34.0. The molecule has 0 bridgehead atoms. The molecule has 290 valence electrons. The molecule has 0 radical (unpaired) electrons. The number of hydrogen-bond donors (Lipinski definition) is 0. The fourth-order valence-corrected chi connectivity index (χ4v) is 9.64. The van der Waals surface area contributed by atoms with Crippen LogP contribution in [-0.2, 0) is 0 Å². The summed E-state index contributed by atoms with van der Waals surface area (Å²) >= 11 is 0. The summed E-state index contributed by atoms with van der Waals surface area (Å²) in [6.07, 6.45) is 0. The van der Waals surface area contributed by atoms with E-state index < -0.39 is 0 Å². The zero-order valence-electron chi connectivity index (χ0n) is 34.0. The maximum atomic E-state index is 2.39. The van der Waals surface area contributed by atoms with Gasteiger partial charge < -0.3 is 9.47 Å². The number of para-hydroxylation sites is 2. The van der Waals surface area contributed by atoms with Gasteiger partial charge in [-0.3, -0.25) is 0 Å². The summed E-state index contributed by atoms with van der Waals surface area (Å²) in [5.74, 6) is 0. The Morgan fingerprint density at radius 1 is 0.274 bits per heavy atom. The molecule has 0 spiro atoms. The monoisotopic (exact) mass is 788 g/mol. The number of anilines is 3. The Hall–Kier alpha value is -8.20. The van der Waals surface area contributed by atoms with Gasteiger partial charge in [0.25, 0.3) is 0 Å². The van der Waals surface area contributed by atoms with Crippen LogP contribution in [0.2, 0.25) is 0 Å². The van der Waals surface area contributed by atoms with Gasteiger partial charge in [-0.15, -0.1) is 0 Å². The molecule has 0 atom stereocenters. The van der Waals surface area contributed by atoms with E-state index in [1.54, 1.807) is 0 Å². The van der Waals surface area contributed by atoms with E-state index in [0.29, 0.717) is 0 Å². The molecule has 0 saturated heterocycles. The van der Waals surface area contributed by atoms with E-state index in [0.717, 1.165) is 22.7 Å². The van der Waals surface area contributed by atoms with Gasteiger partial charge in [0.05, 0.1) is 11.0 Å². The SMILES string of the molecule is c1ccc(-n2c3ccccc3c3c(-c4cccc(N(c5ccc(-c6ccc7c(ccc8ccccc87)c6)cc5)c5ccc(-c6cccc7ccccc67)cc5)c4)cccc32)cc1. The van der Waals surface area contributed by atoms with Crippen molar-refractivity contribution in [3.8, 4) is 39.1 Å². The van der Waals surface area contributed by atoms with Gasteiger partial charge in [-0.25, -0.2) is 0 Å². The molecule has 0 saturated carbocycles. The highest BCUT2D eigenvalue weighted by Crippen LogP contribution is 2.43. The van der Waals surface area contributed by atoms with Crippen molar-refractivity contribution in [3.63, 3.8) is 0 Å². The average molecular weight is 789 g/mol. The lowest BCUT2D eigenvalue weighted by Gasteiger charge is -2.26. The third-order valence-corrected chi connectivity index (χ3v) is 12.6. The first-order valence-electron chi connectivity index (χ1n) is 21.3. The molecule has 62 heavy (non-hydrogen) atoms. The van der Waals surface area contributed by atoms with Gasteiger partial charge in [0.1, 0.15) is 0 Å². The van der Waals surface area contributed by atoms with E-state index in [9.17, 15) is 0 Å². The van der Waals surface area contributed by atoms with Crippen molar-refractivity contribution in [3.05, 3.63) is 243 Å². The molecule has 0 aliphatic rings. The van der Waals surface area contributed by atoms with Crippen LogP contribution in [0.5, 0.6) is 0 Å². The molecular weight excluding hydrogens is 749 g/mol. The third kappa shape index (κ3) is 6.04. The lowest BCUT2D eigenvalue weighted by molar-refractivity contribution is 1.18. The summed E-state index contributed by atoms with van der Waals surface area (Å²) in [7, 11) is 0. The van der Waals surface area contributed by atoms with Crippen molar-refractivity contribution in [1.29, 1.82) is 0 Å². The summed E-state index contributed by atoms with van der Waals surface area (Å²) in [5.41, 5.74) is 14.0. The van der Waals surface area contributed by atoms with Crippen molar-refractivity contribution in [1.82, 2.24) is 4.57 Å². The number of aromatic nitrogens is 1. The molecule has 1 aromatic heterocycles. The third-order valence-electron chi connectivity index (χ3n) is 12.6. The average Bonchev–Trinajstić information content (AvgIpc) is 3.69. The summed E-state index contributed by atoms with van der Waals surface area (Å²) < 4.78 is 2.39. The van der Waals surface area contributed by atoms with Crippen molar-refractivity contribution in [2.45, 2.75) is 0 Å². The van der Waals surface area contributed by atoms with Crippen LogP contribution in [0.25, 0.3) is 93.2 Å². The van der Waals surface area contributed by atoms with Crippen LogP contribution >= 0.6 is 0 Å². The van der Waals surface area contributed by atoms with Crippen LogP contribution in [0.1, 0.15) is 0 Å². The van der Waals surface area contributed by atoms with Gasteiger partial charge in [-0.2, -0.15) is 0 Å². The van der Waals surface area contributed by atoms with E-state index in [-0.39, 0.29) is 0 Å². The summed E-state index contributed by atoms with van der Waals surface area (Å²) in [4.78, 5) is 2.39. The Kier molecular flexibility index (Phi) is 8.53. The van der Waals surface area contributed by atoms with Gasteiger partial charge in [-0.1, -0.05) is 176 Å². The second-order valence-electron chi connectivity index (χ2n) is 16.1. The molecule has 2 nitrogen and oxygen atoms in total.